The molecule has 1 aromatic rings. The van der Waals surface area contributed by atoms with Crippen LogP contribution in [0.3, 0.4) is 0 Å². The maximum Gasteiger partial charge on any atom is 0.416 e. The molecule has 2 nitrogen and oxygen atoms in total. The molecule has 94 valence electrons. The van der Waals surface area contributed by atoms with Crippen LogP contribution in [-0.4, -0.2) is 12.6 Å². The second kappa shape index (κ2) is 5.53. The van der Waals surface area contributed by atoms with Crippen molar-refractivity contribution in [3.63, 3.8) is 0 Å². The summed E-state index contributed by atoms with van der Waals surface area (Å²) in [5.41, 5.74) is -0.918. The maximum atomic E-state index is 12.7. The Morgan fingerprint density at radius 2 is 2.06 bits per heavy atom. The minimum absolute atomic E-state index is 0.0987. The van der Waals surface area contributed by atoms with Crippen LogP contribution in [-0.2, 0) is 22.1 Å². The highest BCUT2D eigenvalue weighted by Crippen LogP contribution is 2.35. The van der Waals surface area contributed by atoms with Crippen LogP contribution in [0, 0.1) is 0 Å². The molecule has 0 aliphatic carbocycles. The van der Waals surface area contributed by atoms with Gasteiger partial charge >= 0.3 is 12.1 Å². The average Bonchev–Trinajstić information content (AvgIpc) is 2.19. The van der Waals surface area contributed by atoms with Gasteiger partial charge in [0.25, 0.3) is 0 Å². The van der Waals surface area contributed by atoms with Crippen molar-refractivity contribution in [3.05, 3.63) is 33.8 Å². The van der Waals surface area contributed by atoms with Crippen LogP contribution in [0.4, 0.5) is 13.2 Å². The van der Waals surface area contributed by atoms with Gasteiger partial charge in [-0.1, -0.05) is 22.0 Å². The third kappa shape index (κ3) is 3.73. The lowest BCUT2D eigenvalue weighted by Gasteiger charge is -2.13. The van der Waals surface area contributed by atoms with Crippen molar-refractivity contribution in [1.29, 1.82) is 0 Å². The number of esters is 1. The van der Waals surface area contributed by atoms with Crippen LogP contribution in [0.1, 0.15) is 18.1 Å². The van der Waals surface area contributed by atoms with E-state index in [1.54, 1.807) is 6.92 Å². The topological polar surface area (TPSA) is 26.3 Å². The standard InChI is InChI=1S/C11H10BrF3O2/c1-2-17-10(16)6-7-8(11(13,14)15)4-3-5-9(7)12/h3-5H,2,6H2,1H3. The molecule has 0 saturated carbocycles. The van der Waals surface area contributed by atoms with Crippen LogP contribution in [0.15, 0.2) is 22.7 Å². The minimum Gasteiger partial charge on any atom is -0.466 e. The molecular weight excluding hydrogens is 301 g/mol. The molecule has 1 rings (SSSR count). The van der Waals surface area contributed by atoms with Gasteiger partial charge in [0.15, 0.2) is 0 Å². The first kappa shape index (κ1) is 14.0. The van der Waals surface area contributed by atoms with Crippen LogP contribution in [0.25, 0.3) is 0 Å². The van der Waals surface area contributed by atoms with Crippen molar-refractivity contribution in [2.75, 3.05) is 6.61 Å². The smallest absolute Gasteiger partial charge is 0.416 e. The Kier molecular flexibility index (Phi) is 4.56. The monoisotopic (exact) mass is 310 g/mol. The summed E-state index contributed by atoms with van der Waals surface area (Å²) in [6, 6.07) is 3.69. The lowest BCUT2D eigenvalue weighted by Crippen LogP contribution is -2.14. The van der Waals surface area contributed by atoms with Crippen molar-refractivity contribution in [2.45, 2.75) is 19.5 Å². The normalized spacial score (nSPS) is 11.4. The molecule has 6 heteroatoms. The van der Waals surface area contributed by atoms with E-state index in [-0.39, 0.29) is 16.6 Å². The van der Waals surface area contributed by atoms with Gasteiger partial charge in [-0.3, -0.25) is 4.79 Å². The van der Waals surface area contributed by atoms with Crippen LogP contribution < -0.4 is 0 Å². The Morgan fingerprint density at radius 1 is 1.41 bits per heavy atom. The summed E-state index contributed by atoms with van der Waals surface area (Å²) < 4.78 is 43.0. The molecule has 0 bridgehead atoms. The molecule has 0 saturated heterocycles. The Morgan fingerprint density at radius 3 is 2.59 bits per heavy atom. The molecule has 0 fully saturated rings. The molecule has 1 aromatic carbocycles. The van der Waals surface area contributed by atoms with E-state index in [0.717, 1.165) is 6.07 Å². The number of hydrogen-bond donors (Lipinski definition) is 0. The van der Waals surface area contributed by atoms with Crippen molar-refractivity contribution in [1.82, 2.24) is 0 Å². The molecule has 0 N–H and O–H groups in total. The van der Waals surface area contributed by atoms with E-state index in [9.17, 15) is 18.0 Å². The molecule has 0 atom stereocenters. The molecule has 0 radical (unpaired) electrons. The van der Waals surface area contributed by atoms with E-state index in [0.29, 0.717) is 0 Å². The van der Waals surface area contributed by atoms with Crippen LogP contribution in [0.5, 0.6) is 0 Å². The molecule has 17 heavy (non-hydrogen) atoms. The summed E-state index contributed by atoms with van der Waals surface area (Å²) >= 11 is 3.01. The number of halogens is 4. The lowest BCUT2D eigenvalue weighted by molar-refractivity contribution is -0.143. The third-order valence-corrected chi connectivity index (χ3v) is 2.79. The molecule has 0 amide bonds. The number of hydrogen-bond acceptors (Lipinski definition) is 2. The second-order valence-electron chi connectivity index (χ2n) is 3.25. The van der Waals surface area contributed by atoms with Gasteiger partial charge in [0.05, 0.1) is 18.6 Å². The molecule has 0 aliphatic heterocycles. The van der Waals surface area contributed by atoms with Gasteiger partial charge < -0.3 is 4.74 Å². The van der Waals surface area contributed by atoms with E-state index in [1.165, 1.54) is 12.1 Å². The van der Waals surface area contributed by atoms with Crippen molar-refractivity contribution in [3.8, 4) is 0 Å². The SMILES string of the molecule is CCOC(=O)Cc1c(Br)cccc1C(F)(F)F. The zero-order valence-electron chi connectivity index (χ0n) is 8.97. The number of rotatable bonds is 3. The predicted molar refractivity (Wildman–Crippen MR) is 59.5 cm³/mol. The first-order valence-corrected chi connectivity index (χ1v) is 5.65. The number of carbonyl (C=O) groups excluding carboxylic acids is 1. The Bertz CT molecular complexity index is 416. The summed E-state index contributed by atoms with van der Waals surface area (Å²) in [6.07, 6.45) is -4.88. The Balaban J connectivity index is 3.09. The van der Waals surface area contributed by atoms with Gasteiger partial charge in [-0.05, 0) is 24.6 Å². The summed E-state index contributed by atoms with van der Waals surface area (Å²) in [7, 11) is 0. The molecule has 0 spiro atoms. The summed E-state index contributed by atoms with van der Waals surface area (Å²) in [6.45, 7) is 1.74. The Labute approximate surface area is 105 Å². The van der Waals surface area contributed by atoms with Gasteiger partial charge in [-0.2, -0.15) is 13.2 Å². The average molecular weight is 311 g/mol. The number of ether oxygens (including phenoxy) is 1. The predicted octanol–water partition coefficient (Wildman–Crippen LogP) is 3.57. The Hall–Kier alpha value is -1.04. The zero-order valence-corrected chi connectivity index (χ0v) is 10.6. The fraction of sp³-hybridized carbons (Fsp3) is 0.364. The zero-order chi connectivity index (χ0) is 13.1. The molecular formula is C11H10BrF3O2. The maximum absolute atomic E-state index is 12.7. The van der Waals surface area contributed by atoms with Gasteiger partial charge in [0.1, 0.15) is 0 Å². The largest absolute Gasteiger partial charge is 0.466 e. The van der Waals surface area contributed by atoms with Crippen LogP contribution in [0.2, 0.25) is 0 Å². The van der Waals surface area contributed by atoms with Gasteiger partial charge in [-0.15, -0.1) is 0 Å². The third-order valence-electron chi connectivity index (χ3n) is 2.05. The van der Waals surface area contributed by atoms with Crippen molar-refractivity contribution >= 4 is 21.9 Å². The molecule has 0 aliphatic rings. The fourth-order valence-corrected chi connectivity index (χ4v) is 1.87. The summed E-state index contributed by atoms with van der Waals surface area (Å²) in [5.74, 6) is -0.676. The van der Waals surface area contributed by atoms with E-state index < -0.39 is 24.1 Å². The van der Waals surface area contributed by atoms with Crippen LogP contribution >= 0.6 is 15.9 Å². The lowest BCUT2D eigenvalue weighted by atomic mass is 10.0. The highest BCUT2D eigenvalue weighted by atomic mass is 79.9. The number of benzene rings is 1. The van der Waals surface area contributed by atoms with E-state index >= 15 is 0 Å². The highest BCUT2D eigenvalue weighted by Gasteiger charge is 2.34. The van der Waals surface area contributed by atoms with Gasteiger partial charge in [0, 0.05) is 4.47 Å². The van der Waals surface area contributed by atoms with Gasteiger partial charge in [-0.25, -0.2) is 0 Å². The summed E-state index contributed by atoms with van der Waals surface area (Å²) in [5, 5.41) is 0. The van der Waals surface area contributed by atoms with E-state index in [4.69, 9.17) is 0 Å². The fourth-order valence-electron chi connectivity index (χ4n) is 1.36. The van der Waals surface area contributed by atoms with Crippen molar-refractivity contribution in [2.24, 2.45) is 0 Å². The second-order valence-corrected chi connectivity index (χ2v) is 4.10. The van der Waals surface area contributed by atoms with E-state index in [2.05, 4.69) is 20.7 Å². The minimum atomic E-state index is -4.48. The first-order valence-electron chi connectivity index (χ1n) is 4.86. The van der Waals surface area contributed by atoms with Crippen molar-refractivity contribution < 1.29 is 22.7 Å². The van der Waals surface area contributed by atoms with Gasteiger partial charge in [0.2, 0.25) is 0 Å². The number of carbonyl (C=O) groups is 1. The summed E-state index contributed by atoms with van der Waals surface area (Å²) in [4.78, 5) is 11.2. The highest BCUT2D eigenvalue weighted by molar-refractivity contribution is 9.10. The number of alkyl halides is 3. The van der Waals surface area contributed by atoms with E-state index in [1.807, 2.05) is 0 Å². The molecule has 0 aromatic heterocycles. The molecule has 0 unspecified atom stereocenters. The first-order chi connectivity index (χ1) is 7.86. The quantitative estimate of drug-likeness (QED) is 0.798. The molecule has 0 heterocycles.